The Hall–Kier alpha value is -4.16. The first kappa shape index (κ1) is 47.9. The Labute approximate surface area is 414 Å². The summed E-state index contributed by atoms with van der Waals surface area (Å²) in [5.41, 5.74) is 0.0656. The van der Waals surface area contributed by atoms with Crippen molar-refractivity contribution in [1.29, 1.82) is 0 Å². The minimum absolute atomic E-state index is 0.108. The number of anilines is 2. The standard InChI is InChI=1S/C53H60Cl4N6O4/c1-51(2,3)61-48(65)46(63(40-18-8-5-9-19-40)53(31-33-13-11-15-35(55)27-33)42-25-21-37(57)29-44(42)60-50(53)67)45(47(64)58-38-22-23-38)62(39-16-6-4-7-17-39)52(30-32-12-10-14-34(54)26-32)41-24-20-36(56)28-43(41)59-49(52)66/h10-15,20-21,24-29,38-40,45-46H,4-9,16-19,22-23,30-31H2,1-3H3,(H,58,64)(H,59,66)(H,60,67)(H,61,65). The molecule has 9 rings (SSSR count). The van der Waals surface area contributed by atoms with Crippen LogP contribution in [0.25, 0.3) is 0 Å². The van der Waals surface area contributed by atoms with E-state index in [1.54, 1.807) is 36.4 Å². The lowest BCUT2D eigenvalue weighted by Gasteiger charge is -2.56. The second kappa shape index (κ2) is 19.3. The fourth-order valence-electron chi connectivity index (χ4n) is 11.7. The number of hydrogen-bond donors (Lipinski definition) is 4. The third-order valence-corrected chi connectivity index (χ3v) is 15.4. The molecule has 0 spiro atoms. The van der Waals surface area contributed by atoms with Gasteiger partial charge in [0.05, 0.1) is 0 Å². The largest absolute Gasteiger partial charge is 0.352 e. The summed E-state index contributed by atoms with van der Waals surface area (Å²) in [5, 5.41) is 15.1. The van der Waals surface area contributed by atoms with Crippen LogP contribution < -0.4 is 21.3 Å². The highest BCUT2D eigenvalue weighted by molar-refractivity contribution is 6.32. The SMILES string of the molecule is CC(C)(C)NC(=O)C(C(C(=O)NC1CC1)N(C1CCCCC1)C1(Cc2cccc(Cl)c2)C(=O)Nc2cc(Cl)ccc21)N(C1CCCCC1)C1(Cc2cccc(Cl)c2)C(=O)Nc2cc(Cl)ccc21. The summed E-state index contributed by atoms with van der Waals surface area (Å²) in [6.45, 7) is 5.78. The van der Waals surface area contributed by atoms with Gasteiger partial charge >= 0.3 is 0 Å². The molecule has 4 unspecified atom stereocenters. The highest BCUT2D eigenvalue weighted by Crippen LogP contribution is 2.52. The van der Waals surface area contributed by atoms with Crippen LogP contribution in [-0.2, 0) is 43.1 Å². The summed E-state index contributed by atoms with van der Waals surface area (Å²) in [4.78, 5) is 68.5. The number of rotatable bonds is 14. The molecule has 3 aliphatic carbocycles. The molecule has 4 atom stereocenters. The van der Waals surface area contributed by atoms with Gasteiger partial charge in [0.2, 0.25) is 23.6 Å². The number of fused-ring (bicyclic) bond motifs is 2. The molecule has 0 radical (unpaired) electrons. The first-order valence-electron chi connectivity index (χ1n) is 24.0. The second-order valence-electron chi connectivity index (χ2n) is 20.4. The zero-order valence-corrected chi connectivity index (χ0v) is 41.4. The third kappa shape index (κ3) is 9.60. The van der Waals surface area contributed by atoms with Crippen LogP contribution in [-0.4, -0.2) is 69.2 Å². The molecule has 0 aromatic heterocycles. The van der Waals surface area contributed by atoms with Crippen LogP contribution in [0.15, 0.2) is 84.9 Å². The molecule has 0 bridgehead atoms. The number of carbonyl (C=O) groups excluding carboxylic acids is 4. The summed E-state index contributed by atoms with van der Waals surface area (Å²) in [7, 11) is 0. The number of amides is 4. The lowest BCUT2D eigenvalue weighted by Crippen LogP contribution is -2.75. The van der Waals surface area contributed by atoms with Crippen LogP contribution in [0.5, 0.6) is 0 Å². The van der Waals surface area contributed by atoms with Gasteiger partial charge in [0, 0.05) is 79.1 Å². The monoisotopic (exact) mass is 984 g/mol. The topological polar surface area (TPSA) is 123 Å². The number of benzene rings is 4. The predicted molar refractivity (Wildman–Crippen MR) is 268 cm³/mol. The summed E-state index contributed by atoms with van der Waals surface area (Å²) in [6.07, 6.45) is 9.95. The first-order chi connectivity index (χ1) is 32.1. The highest BCUT2D eigenvalue weighted by Gasteiger charge is 2.64. The van der Waals surface area contributed by atoms with Gasteiger partial charge in [0.1, 0.15) is 23.2 Å². The van der Waals surface area contributed by atoms with E-state index in [4.69, 9.17) is 46.4 Å². The van der Waals surface area contributed by atoms with Gasteiger partial charge in [-0.25, -0.2) is 0 Å². The normalized spacial score (nSPS) is 23.1. The van der Waals surface area contributed by atoms with Crippen molar-refractivity contribution in [2.75, 3.05) is 10.6 Å². The number of halogens is 4. The van der Waals surface area contributed by atoms with E-state index in [1.807, 2.05) is 69.3 Å². The molecule has 3 saturated carbocycles. The predicted octanol–water partition coefficient (Wildman–Crippen LogP) is 11.0. The molecule has 4 N–H and O–H groups in total. The third-order valence-electron chi connectivity index (χ3n) is 14.5. The van der Waals surface area contributed by atoms with E-state index in [1.165, 1.54) is 0 Å². The molecule has 4 aromatic rings. The van der Waals surface area contributed by atoms with E-state index in [0.29, 0.717) is 68.3 Å². The van der Waals surface area contributed by atoms with Gasteiger partial charge < -0.3 is 21.3 Å². The Bertz CT molecular complexity index is 2550. The maximum Gasteiger partial charge on any atom is 0.249 e. The Kier molecular flexibility index (Phi) is 13.8. The zero-order valence-electron chi connectivity index (χ0n) is 38.4. The molecule has 5 aliphatic rings. The first-order valence-corrected chi connectivity index (χ1v) is 25.5. The minimum atomic E-state index is -1.56. The van der Waals surface area contributed by atoms with Crippen LogP contribution in [0, 0.1) is 0 Å². The van der Waals surface area contributed by atoms with E-state index in [0.717, 1.165) is 62.5 Å². The molecule has 2 heterocycles. The van der Waals surface area contributed by atoms with Crippen molar-refractivity contribution in [2.24, 2.45) is 0 Å². The highest BCUT2D eigenvalue weighted by atomic mass is 35.5. The molecule has 4 amide bonds. The molecular weight excluding hydrogens is 926 g/mol. The van der Waals surface area contributed by atoms with Crippen LogP contribution in [0.3, 0.4) is 0 Å². The second-order valence-corrected chi connectivity index (χ2v) is 22.2. The van der Waals surface area contributed by atoms with Crippen molar-refractivity contribution in [3.63, 3.8) is 0 Å². The van der Waals surface area contributed by atoms with Gasteiger partial charge in [-0.2, -0.15) is 0 Å². The van der Waals surface area contributed by atoms with Crippen molar-refractivity contribution >= 4 is 81.4 Å². The number of hydrogen-bond acceptors (Lipinski definition) is 6. The maximum atomic E-state index is 16.4. The van der Waals surface area contributed by atoms with Gasteiger partial charge in [0.25, 0.3) is 0 Å². The number of nitrogens with one attached hydrogen (secondary N) is 4. The molecule has 2 aliphatic heterocycles. The summed E-state index contributed by atoms with van der Waals surface area (Å²) in [6, 6.07) is 22.4. The summed E-state index contributed by atoms with van der Waals surface area (Å²) < 4.78 is 0. The molecule has 354 valence electrons. The van der Waals surface area contributed by atoms with E-state index < -0.39 is 34.6 Å². The van der Waals surface area contributed by atoms with Crippen LogP contribution in [0.2, 0.25) is 20.1 Å². The van der Waals surface area contributed by atoms with Gasteiger partial charge in [-0.1, -0.05) is 121 Å². The average Bonchev–Trinajstić information content (AvgIpc) is 4.00. The summed E-state index contributed by atoms with van der Waals surface area (Å²) in [5.74, 6) is -1.44. The van der Waals surface area contributed by atoms with Crippen LogP contribution >= 0.6 is 46.4 Å². The fourth-order valence-corrected chi connectivity index (χ4v) is 12.4. The van der Waals surface area contributed by atoms with Gasteiger partial charge in [0.15, 0.2) is 0 Å². The van der Waals surface area contributed by atoms with Crippen molar-refractivity contribution in [3.05, 3.63) is 127 Å². The molecule has 0 saturated heterocycles. The van der Waals surface area contributed by atoms with Crippen molar-refractivity contribution in [2.45, 2.75) is 157 Å². The molecule has 4 aromatic carbocycles. The van der Waals surface area contributed by atoms with Gasteiger partial charge in [-0.15, -0.1) is 0 Å². The Balaban J connectivity index is 1.38. The van der Waals surface area contributed by atoms with Crippen molar-refractivity contribution in [3.8, 4) is 0 Å². The van der Waals surface area contributed by atoms with E-state index in [-0.39, 0.29) is 48.7 Å². The summed E-state index contributed by atoms with van der Waals surface area (Å²) >= 11 is 26.9. The molecule has 67 heavy (non-hydrogen) atoms. The average molecular weight is 987 g/mol. The minimum Gasteiger partial charge on any atom is -0.352 e. The van der Waals surface area contributed by atoms with Crippen molar-refractivity contribution < 1.29 is 19.2 Å². The quantitative estimate of drug-likeness (QED) is 0.0998. The smallest absolute Gasteiger partial charge is 0.249 e. The lowest BCUT2D eigenvalue weighted by atomic mass is 9.75. The lowest BCUT2D eigenvalue weighted by molar-refractivity contribution is -0.162. The van der Waals surface area contributed by atoms with Gasteiger partial charge in [-0.3, -0.25) is 29.0 Å². The Morgan fingerprint density at radius 2 is 1.01 bits per heavy atom. The maximum absolute atomic E-state index is 16.4. The fraction of sp³-hybridized carbons (Fsp3) is 0.472. The number of carbonyl (C=O) groups is 4. The Morgan fingerprint density at radius 3 is 1.42 bits per heavy atom. The zero-order chi connectivity index (χ0) is 47.3. The number of nitrogens with zero attached hydrogens (tertiary/aromatic N) is 2. The van der Waals surface area contributed by atoms with Crippen molar-refractivity contribution in [1.82, 2.24) is 20.4 Å². The molecular formula is C53H60Cl4N6O4. The molecule has 3 fully saturated rings. The van der Waals surface area contributed by atoms with E-state index >= 15 is 19.2 Å². The van der Waals surface area contributed by atoms with E-state index in [2.05, 4.69) is 31.1 Å². The van der Waals surface area contributed by atoms with Crippen LogP contribution in [0.4, 0.5) is 11.4 Å². The van der Waals surface area contributed by atoms with Gasteiger partial charge in [-0.05, 0) is 119 Å². The Morgan fingerprint density at radius 1 is 0.597 bits per heavy atom. The molecule has 10 nitrogen and oxygen atoms in total. The van der Waals surface area contributed by atoms with E-state index in [9.17, 15) is 0 Å². The molecule has 14 heteroatoms. The van der Waals surface area contributed by atoms with Crippen LogP contribution in [0.1, 0.15) is 120 Å².